The van der Waals surface area contributed by atoms with E-state index in [-0.39, 0.29) is 5.75 Å². The number of thiol groups is 1. The molecule has 0 atom stereocenters. The molecule has 0 saturated carbocycles. The fourth-order valence-electron chi connectivity index (χ4n) is 6.90. The number of benzene rings is 8. The summed E-state index contributed by atoms with van der Waals surface area (Å²) in [7, 11) is 0. The Labute approximate surface area is 298 Å². The molecule has 2 nitrogen and oxygen atoms in total. The molecule has 240 valence electrons. The third-order valence-corrected chi connectivity index (χ3v) is 9.81. The average Bonchev–Trinajstić information content (AvgIpc) is 3.16. The van der Waals surface area contributed by atoms with Crippen molar-refractivity contribution in [2.24, 2.45) is 0 Å². The van der Waals surface area contributed by atoms with E-state index in [0.717, 1.165) is 60.8 Å². The summed E-state index contributed by atoms with van der Waals surface area (Å²) in [5, 5.41) is 17.2. The zero-order chi connectivity index (χ0) is 34.0. The first-order valence-electron chi connectivity index (χ1n) is 16.8. The van der Waals surface area contributed by atoms with E-state index < -0.39 is 0 Å². The molecular formula is C47H35NOS. The van der Waals surface area contributed by atoms with Gasteiger partial charge in [-0.2, -0.15) is 0 Å². The summed E-state index contributed by atoms with van der Waals surface area (Å²) in [5.41, 5.74) is 13.7. The van der Waals surface area contributed by atoms with E-state index >= 15 is 0 Å². The number of fused-ring (bicyclic) bond motifs is 1. The number of anilines is 2. The van der Waals surface area contributed by atoms with Gasteiger partial charge in [-0.1, -0.05) is 127 Å². The van der Waals surface area contributed by atoms with Gasteiger partial charge >= 0.3 is 0 Å². The van der Waals surface area contributed by atoms with Crippen molar-refractivity contribution in [1.29, 1.82) is 0 Å². The van der Waals surface area contributed by atoms with Crippen molar-refractivity contribution in [3.8, 4) is 61.4 Å². The maximum absolute atomic E-state index is 11.1. The van der Waals surface area contributed by atoms with Crippen LogP contribution < -0.4 is 5.32 Å². The van der Waals surface area contributed by atoms with E-state index in [2.05, 4.69) is 134 Å². The highest BCUT2D eigenvalue weighted by Crippen LogP contribution is 2.44. The number of phenols is 1. The Balaban J connectivity index is 1.36. The summed E-state index contributed by atoms with van der Waals surface area (Å²) in [6.07, 6.45) is 0. The zero-order valence-electron chi connectivity index (χ0n) is 27.6. The molecule has 0 spiro atoms. The Morgan fingerprint density at radius 3 is 1.86 bits per heavy atom. The molecule has 8 rings (SSSR count). The lowest BCUT2D eigenvalue weighted by Gasteiger charge is -2.20. The number of rotatable bonds is 7. The minimum absolute atomic E-state index is 0.228. The van der Waals surface area contributed by atoms with Crippen LogP contribution in [0.1, 0.15) is 5.56 Å². The largest absolute Gasteiger partial charge is 0.507 e. The highest BCUT2D eigenvalue weighted by atomic mass is 32.1. The van der Waals surface area contributed by atoms with Gasteiger partial charge in [-0.15, -0.1) is 12.6 Å². The fraction of sp³-hybridized carbons (Fsp3) is 0.0213. The lowest BCUT2D eigenvalue weighted by Crippen LogP contribution is -1.98. The zero-order valence-corrected chi connectivity index (χ0v) is 28.5. The van der Waals surface area contributed by atoms with Crippen molar-refractivity contribution in [3.05, 3.63) is 181 Å². The van der Waals surface area contributed by atoms with Crippen LogP contribution >= 0.6 is 12.6 Å². The van der Waals surface area contributed by atoms with Gasteiger partial charge in [0, 0.05) is 21.7 Å². The molecule has 3 heteroatoms. The van der Waals surface area contributed by atoms with Crippen LogP contribution in [0, 0.1) is 6.92 Å². The monoisotopic (exact) mass is 661 g/mol. The van der Waals surface area contributed by atoms with Crippen molar-refractivity contribution < 1.29 is 5.11 Å². The second kappa shape index (κ2) is 13.5. The Kier molecular flexibility index (Phi) is 8.42. The highest BCUT2D eigenvalue weighted by molar-refractivity contribution is 7.80. The normalized spacial score (nSPS) is 11.1. The SMILES string of the molecule is Cc1ccccc1-c1cc(-c2cc(-c3ccc(S)c(-c4ccccc4)c3)ccc2Nc2cccc(O)c2-c2ccccc2)c2ccccc2c1. The number of nitrogens with one attached hydrogen (secondary N) is 1. The van der Waals surface area contributed by atoms with E-state index in [4.69, 9.17) is 12.6 Å². The van der Waals surface area contributed by atoms with Gasteiger partial charge in [-0.25, -0.2) is 0 Å². The topological polar surface area (TPSA) is 32.3 Å². The van der Waals surface area contributed by atoms with Crippen molar-refractivity contribution in [3.63, 3.8) is 0 Å². The summed E-state index contributed by atoms with van der Waals surface area (Å²) in [6.45, 7) is 2.17. The maximum atomic E-state index is 11.1. The molecule has 8 aromatic rings. The van der Waals surface area contributed by atoms with Crippen molar-refractivity contribution in [2.75, 3.05) is 5.32 Å². The molecule has 0 amide bonds. The van der Waals surface area contributed by atoms with Crippen LogP contribution in [0.2, 0.25) is 0 Å². The Morgan fingerprint density at radius 2 is 1.08 bits per heavy atom. The minimum atomic E-state index is 0.228. The second-order valence-corrected chi connectivity index (χ2v) is 13.1. The average molecular weight is 662 g/mol. The number of aromatic hydroxyl groups is 1. The molecule has 0 aliphatic heterocycles. The lowest BCUT2D eigenvalue weighted by atomic mass is 9.89. The Hall–Kier alpha value is -6.03. The van der Waals surface area contributed by atoms with Crippen LogP contribution in [0.5, 0.6) is 5.75 Å². The smallest absolute Gasteiger partial charge is 0.125 e. The predicted molar refractivity (Wildman–Crippen MR) is 215 cm³/mol. The van der Waals surface area contributed by atoms with Gasteiger partial charge < -0.3 is 10.4 Å². The molecule has 0 saturated heterocycles. The maximum Gasteiger partial charge on any atom is 0.125 e. The molecule has 0 heterocycles. The van der Waals surface area contributed by atoms with Gasteiger partial charge in [-0.05, 0) is 116 Å². The van der Waals surface area contributed by atoms with Gasteiger partial charge in [0.15, 0.2) is 0 Å². The molecule has 0 aliphatic carbocycles. The van der Waals surface area contributed by atoms with Crippen LogP contribution in [0.15, 0.2) is 181 Å². The first-order chi connectivity index (χ1) is 24.5. The quantitative estimate of drug-likeness (QED) is 0.149. The summed E-state index contributed by atoms with van der Waals surface area (Å²) < 4.78 is 0. The number of hydrogen-bond donors (Lipinski definition) is 3. The third-order valence-electron chi connectivity index (χ3n) is 9.42. The van der Waals surface area contributed by atoms with Crippen LogP contribution in [0.3, 0.4) is 0 Å². The van der Waals surface area contributed by atoms with Gasteiger partial charge in [0.1, 0.15) is 5.75 Å². The van der Waals surface area contributed by atoms with Gasteiger partial charge in [0.2, 0.25) is 0 Å². The van der Waals surface area contributed by atoms with Crippen LogP contribution in [0.25, 0.3) is 66.4 Å². The lowest BCUT2D eigenvalue weighted by molar-refractivity contribution is 0.477. The first-order valence-corrected chi connectivity index (χ1v) is 17.2. The Morgan fingerprint density at radius 1 is 0.440 bits per heavy atom. The molecule has 0 radical (unpaired) electrons. The fourth-order valence-corrected chi connectivity index (χ4v) is 7.17. The van der Waals surface area contributed by atoms with Crippen LogP contribution in [0.4, 0.5) is 11.4 Å². The van der Waals surface area contributed by atoms with E-state index in [0.29, 0.717) is 0 Å². The summed E-state index contributed by atoms with van der Waals surface area (Å²) >= 11 is 4.83. The van der Waals surface area contributed by atoms with Gasteiger partial charge in [0.25, 0.3) is 0 Å². The molecule has 0 bridgehead atoms. The van der Waals surface area contributed by atoms with Gasteiger partial charge in [-0.3, -0.25) is 0 Å². The molecule has 8 aromatic carbocycles. The van der Waals surface area contributed by atoms with Crippen LogP contribution in [-0.2, 0) is 0 Å². The van der Waals surface area contributed by atoms with Crippen molar-refractivity contribution >= 4 is 34.8 Å². The van der Waals surface area contributed by atoms with Gasteiger partial charge in [0.05, 0.1) is 5.69 Å². The standard InChI is InChI=1S/C47H35NOS/c1-31-13-8-10-19-38(31)37-27-36-18-9-11-20-39(36)41(30-37)42-29-34(35-24-26-46(50)40(28-35)32-14-4-2-5-15-32)23-25-43(42)48-44-21-12-22-45(49)47(44)33-16-6-3-7-17-33/h2-30,48-50H,1H3. The van der Waals surface area contributed by atoms with Crippen molar-refractivity contribution in [2.45, 2.75) is 11.8 Å². The molecule has 2 N–H and O–H groups in total. The summed E-state index contributed by atoms with van der Waals surface area (Å²) in [6, 6.07) is 61.0. The molecule has 0 fully saturated rings. The summed E-state index contributed by atoms with van der Waals surface area (Å²) in [5.74, 6) is 0.228. The molecule has 50 heavy (non-hydrogen) atoms. The van der Waals surface area contributed by atoms with E-state index in [1.807, 2.05) is 48.5 Å². The predicted octanol–water partition coefficient (Wildman–Crippen LogP) is 13.2. The van der Waals surface area contributed by atoms with E-state index in [9.17, 15) is 5.11 Å². The van der Waals surface area contributed by atoms with Crippen LogP contribution in [-0.4, -0.2) is 5.11 Å². The highest BCUT2D eigenvalue weighted by Gasteiger charge is 2.17. The van der Waals surface area contributed by atoms with E-state index in [1.165, 1.54) is 27.5 Å². The number of hydrogen-bond acceptors (Lipinski definition) is 3. The molecule has 0 aliphatic rings. The first kappa shape index (κ1) is 31.3. The second-order valence-electron chi connectivity index (χ2n) is 12.6. The molecule has 0 unspecified atom stereocenters. The summed E-state index contributed by atoms with van der Waals surface area (Å²) in [4.78, 5) is 0.938. The third kappa shape index (κ3) is 6.04. The molecular weight excluding hydrogens is 627 g/mol. The van der Waals surface area contributed by atoms with E-state index in [1.54, 1.807) is 6.07 Å². The Bertz CT molecular complexity index is 2490. The van der Waals surface area contributed by atoms with Crippen molar-refractivity contribution in [1.82, 2.24) is 0 Å². The number of aryl methyl sites for hydroxylation is 1. The molecule has 0 aromatic heterocycles. The number of phenolic OH excluding ortho intramolecular Hbond substituents is 1. The minimum Gasteiger partial charge on any atom is -0.507 e.